The molecule has 0 bridgehead atoms. The van der Waals surface area contributed by atoms with E-state index in [1.807, 2.05) is 20.8 Å². The number of aromatic nitrogens is 2. The molecule has 0 aliphatic rings. The van der Waals surface area contributed by atoms with Crippen LogP contribution in [0.25, 0.3) is 0 Å². The molecule has 0 saturated carbocycles. The van der Waals surface area contributed by atoms with E-state index >= 15 is 0 Å². The van der Waals surface area contributed by atoms with Gasteiger partial charge in [-0.15, -0.1) is 0 Å². The molecule has 7 heteroatoms. The van der Waals surface area contributed by atoms with Crippen LogP contribution in [0.4, 0.5) is 11.6 Å². The molecule has 21 heavy (non-hydrogen) atoms. The molecule has 1 rings (SSSR count). The summed E-state index contributed by atoms with van der Waals surface area (Å²) in [6.45, 7) is 6.75. The van der Waals surface area contributed by atoms with Gasteiger partial charge in [0.1, 0.15) is 12.4 Å². The molecule has 0 aliphatic heterocycles. The molecule has 1 aromatic rings. The highest BCUT2D eigenvalue weighted by Gasteiger charge is 2.23. The van der Waals surface area contributed by atoms with Crippen LogP contribution < -0.4 is 15.4 Å². The minimum Gasteiger partial charge on any atom is -0.490 e. The summed E-state index contributed by atoms with van der Waals surface area (Å²) in [4.78, 5) is 20.2. The van der Waals surface area contributed by atoms with Gasteiger partial charge in [0.2, 0.25) is 5.75 Å². The number of hydrogen-bond acceptors (Lipinski definition) is 7. The van der Waals surface area contributed by atoms with Crippen molar-refractivity contribution in [1.82, 2.24) is 9.97 Å². The first-order chi connectivity index (χ1) is 10.0. The Morgan fingerprint density at radius 1 is 1.29 bits per heavy atom. The number of carbonyl (C=O) groups excluding carboxylic acids is 1. The van der Waals surface area contributed by atoms with E-state index in [0.29, 0.717) is 36.3 Å². The van der Waals surface area contributed by atoms with E-state index in [4.69, 9.17) is 9.47 Å². The number of methoxy groups -OCH3 is 2. The number of anilines is 2. The highest BCUT2D eigenvalue weighted by Crippen LogP contribution is 2.29. The smallest absolute Gasteiger partial charge is 0.328 e. The Morgan fingerprint density at radius 3 is 2.48 bits per heavy atom. The fourth-order valence-electron chi connectivity index (χ4n) is 1.96. The average Bonchev–Trinajstić information content (AvgIpc) is 2.46. The molecule has 0 saturated heterocycles. The van der Waals surface area contributed by atoms with Crippen molar-refractivity contribution in [1.29, 1.82) is 0 Å². The zero-order valence-electron chi connectivity index (χ0n) is 13.3. The minimum absolute atomic E-state index is 0.325. The Hall–Kier alpha value is -2.05. The van der Waals surface area contributed by atoms with Gasteiger partial charge in [-0.25, -0.2) is 14.8 Å². The molecule has 0 fully saturated rings. The largest absolute Gasteiger partial charge is 0.490 e. The third kappa shape index (κ3) is 4.77. The van der Waals surface area contributed by atoms with Gasteiger partial charge in [0.15, 0.2) is 11.6 Å². The van der Waals surface area contributed by atoms with Crippen LogP contribution in [-0.4, -0.2) is 42.7 Å². The summed E-state index contributed by atoms with van der Waals surface area (Å²) >= 11 is 0. The summed E-state index contributed by atoms with van der Waals surface area (Å²) in [5.74, 6) is 1.55. The molecule has 0 aliphatic carbocycles. The fraction of sp³-hybridized carbons (Fsp3) is 0.643. The number of rotatable bonds is 8. The van der Waals surface area contributed by atoms with Gasteiger partial charge in [-0.05, 0) is 19.3 Å². The predicted octanol–water partition coefficient (Wildman–Crippen LogP) is 1.92. The quantitative estimate of drug-likeness (QED) is 0.709. The Labute approximate surface area is 125 Å². The molecule has 0 spiro atoms. The second kappa shape index (κ2) is 8.28. The van der Waals surface area contributed by atoms with E-state index in [1.54, 1.807) is 7.11 Å². The van der Waals surface area contributed by atoms with Crippen LogP contribution in [-0.2, 0) is 9.53 Å². The number of hydrogen-bond donors (Lipinski definition) is 2. The zero-order chi connectivity index (χ0) is 15.8. The SMILES string of the molecule is CCNc1ncnc(NC(CC(C)C)C(=O)OC)c1OC. The second-order valence-electron chi connectivity index (χ2n) is 4.98. The Balaban J connectivity index is 3.02. The summed E-state index contributed by atoms with van der Waals surface area (Å²) < 4.78 is 10.2. The van der Waals surface area contributed by atoms with Crippen molar-refractivity contribution >= 4 is 17.6 Å². The maximum atomic E-state index is 11.9. The Bertz CT molecular complexity index is 466. The maximum absolute atomic E-state index is 11.9. The fourth-order valence-corrected chi connectivity index (χ4v) is 1.96. The molecule has 1 aromatic heterocycles. The van der Waals surface area contributed by atoms with Gasteiger partial charge < -0.3 is 20.1 Å². The lowest BCUT2D eigenvalue weighted by Gasteiger charge is -2.20. The van der Waals surface area contributed by atoms with Crippen LogP contribution >= 0.6 is 0 Å². The third-order valence-electron chi connectivity index (χ3n) is 2.86. The standard InChI is InChI=1S/C14H24N4O3/c1-6-15-12-11(20-4)13(17-8-16-12)18-10(7-9(2)3)14(19)21-5/h8-10H,6-7H2,1-5H3,(H2,15,16,17,18). The molecule has 1 atom stereocenters. The van der Waals surface area contributed by atoms with Crippen molar-refractivity contribution in [2.24, 2.45) is 5.92 Å². The van der Waals surface area contributed by atoms with Crippen LogP contribution in [0.1, 0.15) is 27.2 Å². The molecule has 0 amide bonds. The highest BCUT2D eigenvalue weighted by molar-refractivity contribution is 5.80. The average molecular weight is 296 g/mol. The van der Waals surface area contributed by atoms with E-state index < -0.39 is 6.04 Å². The Kier molecular flexibility index (Phi) is 6.71. The Morgan fingerprint density at radius 2 is 1.95 bits per heavy atom. The molecule has 2 N–H and O–H groups in total. The van der Waals surface area contributed by atoms with Gasteiger partial charge >= 0.3 is 5.97 Å². The normalized spacial score (nSPS) is 11.9. The molecule has 1 unspecified atom stereocenters. The molecular formula is C14H24N4O3. The van der Waals surface area contributed by atoms with Crippen LogP contribution in [0.15, 0.2) is 6.33 Å². The van der Waals surface area contributed by atoms with E-state index in [1.165, 1.54) is 13.4 Å². The molecule has 0 radical (unpaired) electrons. The van der Waals surface area contributed by atoms with Gasteiger partial charge in [-0.3, -0.25) is 0 Å². The van der Waals surface area contributed by atoms with Crippen molar-refractivity contribution in [3.8, 4) is 5.75 Å². The van der Waals surface area contributed by atoms with Gasteiger partial charge in [0, 0.05) is 6.54 Å². The van der Waals surface area contributed by atoms with Gasteiger partial charge in [-0.2, -0.15) is 0 Å². The van der Waals surface area contributed by atoms with E-state index in [0.717, 1.165) is 0 Å². The number of nitrogens with zero attached hydrogens (tertiary/aromatic N) is 2. The summed E-state index contributed by atoms with van der Waals surface area (Å²) in [5, 5.41) is 6.18. The van der Waals surface area contributed by atoms with E-state index in [9.17, 15) is 4.79 Å². The second-order valence-corrected chi connectivity index (χ2v) is 4.98. The lowest BCUT2D eigenvalue weighted by Crippen LogP contribution is -2.32. The van der Waals surface area contributed by atoms with Gasteiger partial charge in [-0.1, -0.05) is 13.8 Å². The highest BCUT2D eigenvalue weighted by atomic mass is 16.5. The van der Waals surface area contributed by atoms with Crippen molar-refractivity contribution in [2.75, 3.05) is 31.4 Å². The van der Waals surface area contributed by atoms with Crippen LogP contribution in [0.3, 0.4) is 0 Å². The van der Waals surface area contributed by atoms with E-state index in [-0.39, 0.29) is 5.97 Å². The lowest BCUT2D eigenvalue weighted by atomic mass is 10.0. The first kappa shape index (κ1) is 17.0. The van der Waals surface area contributed by atoms with Gasteiger partial charge in [0.25, 0.3) is 0 Å². The monoisotopic (exact) mass is 296 g/mol. The predicted molar refractivity (Wildman–Crippen MR) is 81.6 cm³/mol. The first-order valence-corrected chi connectivity index (χ1v) is 7.00. The number of carbonyl (C=O) groups is 1. The molecule has 0 aromatic carbocycles. The van der Waals surface area contributed by atoms with Crippen molar-refractivity contribution in [3.63, 3.8) is 0 Å². The number of esters is 1. The van der Waals surface area contributed by atoms with Crippen molar-refractivity contribution in [3.05, 3.63) is 6.33 Å². The number of ether oxygens (including phenoxy) is 2. The number of nitrogens with one attached hydrogen (secondary N) is 2. The summed E-state index contributed by atoms with van der Waals surface area (Å²) in [5.41, 5.74) is 0. The third-order valence-corrected chi connectivity index (χ3v) is 2.86. The van der Waals surface area contributed by atoms with Crippen LogP contribution in [0, 0.1) is 5.92 Å². The van der Waals surface area contributed by atoms with Crippen LogP contribution in [0.2, 0.25) is 0 Å². The van der Waals surface area contributed by atoms with Crippen LogP contribution in [0.5, 0.6) is 5.75 Å². The first-order valence-electron chi connectivity index (χ1n) is 7.00. The minimum atomic E-state index is -0.478. The van der Waals surface area contributed by atoms with Crippen molar-refractivity contribution < 1.29 is 14.3 Å². The molecule has 7 nitrogen and oxygen atoms in total. The summed E-state index contributed by atoms with van der Waals surface area (Å²) in [6, 6.07) is -0.478. The lowest BCUT2D eigenvalue weighted by molar-refractivity contribution is -0.141. The molecular weight excluding hydrogens is 272 g/mol. The zero-order valence-corrected chi connectivity index (χ0v) is 13.3. The molecule has 118 valence electrons. The van der Waals surface area contributed by atoms with Gasteiger partial charge in [0.05, 0.1) is 14.2 Å². The summed E-state index contributed by atoms with van der Waals surface area (Å²) in [6.07, 6.45) is 2.06. The van der Waals surface area contributed by atoms with E-state index in [2.05, 4.69) is 20.6 Å². The maximum Gasteiger partial charge on any atom is 0.328 e. The topological polar surface area (TPSA) is 85.4 Å². The molecule has 1 heterocycles. The van der Waals surface area contributed by atoms with Crippen molar-refractivity contribution in [2.45, 2.75) is 33.2 Å². The summed E-state index contributed by atoms with van der Waals surface area (Å²) in [7, 11) is 2.92.